The first-order valence-corrected chi connectivity index (χ1v) is 10.7. The molecular formula is C27H29NO2. The largest absolute Gasteiger partial charge is 0.489 e. The van der Waals surface area contributed by atoms with Crippen molar-refractivity contribution < 1.29 is 9.53 Å². The molecule has 3 aromatic rings. The number of hydrogen-bond donors (Lipinski definition) is 0. The zero-order valence-corrected chi connectivity index (χ0v) is 17.6. The molecule has 0 atom stereocenters. The number of Topliss-reactive ketones (excluding diaryl/α,β-unsaturated/α-hetero) is 1. The summed E-state index contributed by atoms with van der Waals surface area (Å²) in [6, 6.07) is 29.2. The fourth-order valence-corrected chi connectivity index (χ4v) is 4.46. The van der Waals surface area contributed by atoms with E-state index in [0.29, 0.717) is 25.2 Å². The quantitative estimate of drug-likeness (QED) is 0.508. The van der Waals surface area contributed by atoms with Gasteiger partial charge in [-0.15, -0.1) is 0 Å². The van der Waals surface area contributed by atoms with Gasteiger partial charge in [0.2, 0.25) is 0 Å². The van der Waals surface area contributed by atoms with Crippen molar-refractivity contribution >= 4 is 5.78 Å². The van der Waals surface area contributed by atoms with E-state index in [4.69, 9.17) is 4.74 Å². The van der Waals surface area contributed by atoms with Crippen LogP contribution in [0.4, 0.5) is 0 Å². The summed E-state index contributed by atoms with van der Waals surface area (Å²) >= 11 is 0. The molecule has 0 saturated heterocycles. The Kier molecular flexibility index (Phi) is 6.29. The lowest BCUT2D eigenvalue weighted by molar-refractivity contribution is -0.123. The van der Waals surface area contributed by atoms with Gasteiger partial charge < -0.3 is 4.74 Å². The van der Waals surface area contributed by atoms with Gasteiger partial charge in [0.15, 0.2) is 0 Å². The van der Waals surface area contributed by atoms with Crippen LogP contribution in [0.2, 0.25) is 0 Å². The van der Waals surface area contributed by atoms with Crippen molar-refractivity contribution in [3.05, 3.63) is 102 Å². The molecule has 0 bridgehead atoms. The number of nitrogens with zero attached hydrogens (tertiary/aromatic N) is 1. The minimum absolute atomic E-state index is 0.157. The molecule has 0 amide bonds. The molecule has 1 fully saturated rings. The van der Waals surface area contributed by atoms with Gasteiger partial charge in [0, 0.05) is 24.9 Å². The highest BCUT2D eigenvalue weighted by atomic mass is 16.5. The molecule has 0 radical (unpaired) electrons. The van der Waals surface area contributed by atoms with Gasteiger partial charge in [0.05, 0.1) is 0 Å². The minimum Gasteiger partial charge on any atom is -0.489 e. The highest BCUT2D eigenvalue weighted by Gasteiger charge is 2.40. The van der Waals surface area contributed by atoms with Gasteiger partial charge in [0.25, 0.3) is 0 Å². The Labute approximate surface area is 179 Å². The number of ketones is 1. The number of benzene rings is 3. The molecule has 0 aromatic heterocycles. The maximum Gasteiger partial charge on any atom is 0.133 e. The lowest BCUT2D eigenvalue weighted by Crippen LogP contribution is -2.46. The summed E-state index contributed by atoms with van der Waals surface area (Å²) in [7, 11) is 2.18. The zero-order valence-electron chi connectivity index (χ0n) is 17.6. The molecule has 0 heterocycles. The molecule has 154 valence electrons. The highest BCUT2D eigenvalue weighted by molar-refractivity contribution is 5.79. The van der Waals surface area contributed by atoms with Crippen LogP contribution in [0.3, 0.4) is 0 Å². The Hall–Kier alpha value is -2.91. The molecule has 0 unspecified atom stereocenters. The normalized spacial score (nSPS) is 15.9. The number of rotatable bonds is 7. The van der Waals surface area contributed by atoms with Crippen LogP contribution in [-0.2, 0) is 23.5 Å². The number of ether oxygens (including phenoxy) is 1. The molecular weight excluding hydrogens is 370 g/mol. The molecule has 3 aromatic carbocycles. The van der Waals surface area contributed by atoms with E-state index in [-0.39, 0.29) is 5.54 Å². The molecule has 1 saturated carbocycles. The van der Waals surface area contributed by atoms with E-state index in [1.807, 2.05) is 30.3 Å². The Balaban J connectivity index is 1.58. The summed E-state index contributed by atoms with van der Waals surface area (Å²) in [6.07, 6.45) is 2.96. The molecule has 1 aliphatic carbocycles. The Morgan fingerprint density at radius 1 is 0.833 bits per heavy atom. The predicted octanol–water partition coefficient (Wildman–Crippen LogP) is 5.74. The van der Waals surface area contributed by atoms with E-state index in [0.717, 1.165) is 30.7 Å². The second-order valence-electron chi connectivity index (χ2n) is 8.21. The third kappa shape index (κ3) is 4.63. The van der Waals surface area contributed by atoms with Gasteiger partial charge in [-0.1, -0.05) is 72.8 Å². The first-order chi connectivity index (χ1) is 14.7. The van der Waals surface area contributed by atoms with Crippen LogP contribution in [0.25, 0.3) is 0 Å². The van der Waals surface area contributed by atoms with Gasteiger partial charge in [-0.2, -0.15) is 0 Å². The van der Waals surface area contributed by atoms with Crippen LogP contribution in [0.15, 0.2) is 84.9 Å². The Morgan fingerprint density at radius 2 is 1.47 bits per heavy atom. The van der Waals surface area contributed by atoms with E-state index in [9.17, 15) is 4.79 Å². The van der Waals surface area contributed by atoms with Crippen LogP contribution >= 0.6 is 0 Å². The van der Waals surface area contributed by atoms with Crippen molar-refractivity contribution in [3.8, 4) is 5.75 Å². The number of hydrogen-bond acceptors (Lipinski definition) is 3. The van der Waals surface area contributed by atoms with Crippen molar-refractivity contribution in [2.45, 2.75) is 44.4 Å². The highest BCUT2D eigenvalue weighted by Crippen LogP contribution is 2.42. The van der Waals surface area contributed by atoms with E-state index in [1.165, 1.54) is 11.1 Å². The standard InChI is InChI=1S/C27H29NO2/c1-28(20-22-9-4-2-5-10-22)27(17-15-25(29)16-18-27)24-13-8-14-26(19-24)30-21-23-11-6-3-7-12-23/h2-14,19H,15-18,20-21H2,1H3. The van der Waals surface area contributed by atoms with Gasteiger partial charge in [-0.05, 0) is 48.7 Å². The topological polar surface area (TPSA) is 29.5 Å². The first kappa shape index (κ1) is 20.4. The second kappa shape index (κ2) is 9.27. The smallest absolute Gasteiger partial charge is 0.133 e. The Bertz CT molecular complexity index is 958. The fraction of sp³-hybridized carbons (Fsp3) is 0.296. The minimum atomic E-state index is -0.157. The molecule has 4 rings (SSSR count). The van der Waals surface area contributed by atoms with Crippen LogP contribution in [0.1, 0.15) is 42.4 Å². The van der Waals surface area contributed by atoms with E-state index < -0.39 is 0 Å². The molecule has 0 aliphatic heterocycles. The molecule has 1 aliphatic rings. The summed E-state index contributed by atoms with van der Waals surface area (Å²) in [6.45, 7) is 1.40. The van der Waals surface area contributed by atoms with Crippen molar-refractivity contribution in [3.63, 3.8) is 0 Å². The summed E-state index contributed by atoms with van der Waals surface area (Å²) in [5.41, 5.74) is 3.52. The van der Waals surface area contributed by atoms with Crippen molar-refractivity contribution in [2.24, 2.45) is 0 Å². The van der Waals surface area contributed by atoms with E-state index >= 15 is 0 Å². The van der Waals surface area contributed by atoms with Crippen LogP contribution < -0.4 is 4.74 Å². The third-order valence-electron chi connectivity index (χ3n) is 6.25. The molecule has 0 spiro atoms. The van der Waals surface area contributed by atoms with Gasteiger partial charge in [-0.25, -0.2) is 0 Å². The summed E-state index contributed by atoms with van der Waals surface area (Å²) in [5, 5.41) is 0. The van der Waals surface area contributed by atoms with Crippen LogP contribution in [0.5, 0.6) is 5.75 Å². The molecule has 3 nitrogen and oxygen atoms in total. The van der Waals surface area contributed by atoms with Gasteiger partial charge in [-0.3, -0.25) is 9.69 Å². The van der Waals surface area contributed by atoms with Crippen LogP contribution in [-0.4, -0.2) is 17.7 Å². The van der Waals surface area contributed by atoms with Crippen molar-refractivity contribution in [1.82, 2.24) is 4.90 Å². The van der Waals surface area contributed by atoms with E-state index in [2.05, 4.69) is 66.5 Å². The number of carbonyl (C=O) groups excluding carboxylic acids is 1. The fourth-order valence-electron chi connectivity index (χ4n) is 4.46. The average Bonchev–Trinajstić information content (AvgIpc) is 2.80. The van der Waals surface area contributed by atoms with Gasteiger partial charge >= 0.3 is 0 Å². The average molecular weight is 400 g/mol. The third-order valence-corrected chi connectivity index (χ3v) is 6.25. The molecule has 30 heavy (non-hydrogen) atoms. The maximum atomic E-state index is 12.0. The summed E-state index contributed by atoms with van der Waals surface area (Å²) < 4.78 is 6.10. The molecule has 0 N–H and O–H groups in total. The number of carbonyl (C=O) groups is 1. The van der Waals surface area contributed by atoms with E-state index in [1.54, 1.807) is 0 Å². The Morgan fingerprint density at radius 3 is 2.13 bits per heavy atom. The first-order valence-electron chi connectivity index (χ1n) is 10.7. The van der Waals surface area contributed by atoms with Gasteiger partial charge in [0.1, 0.15) is 18.1 Å². The zero-order chi connectivity index (χ0) is 20.8. The lowest BCUT2D eigenvalue weighted by atomic mass is 9.74. The van der Waals surface area contributed by atoms with Crippen LogP contribution in [0, 0.1) is 0 Å². The van der Waals surface area contributed by atoms with Crippen molar-refractivity contribution in [2.75, 3.05) is 7.05 Å². The SMILES string of the molecule is CN(Cc1ccccc1)C1(c2cccc(OCc3ccccc3)c2)CCC(=O)CC1. The van der Waals surface area contributed by atoms with Crippen molar-refractivity contribution in [1.29, 1.82) is 0 Å². The summed E-state index contributed by atoms with van der Waals surface area (Å²) in [5.74, 6) is 1.25. The lowest BCUT2D eigenvalue weighted by Gasteiger charge is -2.45. The predicted molar refractivity (Wildman–Crippen MR) is 120 cm³/mol. The second-order valence-corrected chi connectivity index (χ2v) is 8.21. The molecule has 3 heteroatoms. The monoisotopic (exact) mass is 399 g/mol. The maximum absolute atomic E-state index is 12.0. The summed E-state index contributed by atoms with van der Waals surface area (Å²) in [4.78, 5) is 14.5.